The van der Waals surface area contributed by atoms with Gasteiger partial charge < -0.3 is 10.2 Å². The van der Waals surface area contributed by atoms with Crippen LogP contribution in [0.4, 0.5) is 5.95 Å². The van der Waals surface area contributed by atoms with Crippen molar-refractivity contribution in [2.45, 2.75) is 39.2 Å². The summed E-state index contributed by atoms with van der Waals surface area (Å²) in [6.07, 6.45) is 6.05. The number of hydrogen-bond acceptors (Lipinski definition) is 4. The van der Waals surface area contributed by atoms with E-state index in [9.17, 15) is 0 Å². The normalized spacial score (nSPS) is 18.3. The smallest absolute Gasteiger partial charge is 0.243 e. The molecular weight excluding hydrogens is 250 g/mol. The summed E-state index contributed by atoms with van der Waals surface area (Å²) in [5.74, 6) is 0.722. The molecule has 108 valence electrons. The molecule has 0 bridgehead atoms. The summed E-state index contributed by atoms with van der Waals surface area (Å²) in [4.78, 5) is 7.04. The first-order valence-corrected chi connectivity index (χ1v) is 7.52. The topological polar surface area (TPSA) is 45.5 Å². The standard InChI is InChI=1S/C15H23N5/c1-12-6-7-14-17-15(18-20(14)10-12)16-13(2)11-19-8-4-3-5-9-19/h6-7,10,13H,3-5,8-9,11H2,1-2H3,(H,16,18). The minimum absolute atomic E-state index is 0.367. The third-order valence-corrected chi connectivity index (χ3v) is 3.84. The predicted octanol–water partition coefficient (Wildman–Crippen LogP) is 2.32. The van der Waals surface area contributed by atoms with Crippen LogP contribution in [0.15, 0.2) is 18.3 Å². The Labute approximate surface area is 120 Å². The zero-order valence-corrected chi connectivity index (χ0v) is 12.3. The Kier molecular flexibility index (Phi) is 3.87. The van der Waals surface area contributed by atoms with E-state index >= 15 is 0 Å². The lowest BCUT2D eigenvalue weighted by atomic mass is 10.1. The van der Waals surface area contributed by atoms with Crippen LogP contribution in [-0.4, -0.2) is 45.2 Å². The molecular formula is C15H23N5. The molecule has 1 aliphatic rings. The highest BCUT2D eigenvalue weighted by Gasteiger charge is 2.14. The van der Waals surface area contributed by atoms with Crippen molar-refractivity contribution in [3.8, 4) is 0 Å². The molecule has 1 atom stereocenters. The van der Waals surface area contributed by atoms with E-state index in [1.54, 1.807) is 0 Å². The lowest BCUT2D eigenvalue weighted by Crippen LogP contribution is -2.38. The first-order valence-electron chi connectivity index (χ1n) is 7.52. The number of fused-ring (bicyclic) bond motifs is 1. The van der Waals surface area contributed by atoms with Crippen LogP contribution in [-0.2, 0) is 0 Å². The first-order chi connectivity index (χ1) is 9.70. The molecule has 1 N–H and O–H groups in total. The van der Waals surface area contributed by atoms with Crippen LogP contribution in [0, 0.1) is 6.92 Å². The van der Waals surface area contributed by atoms with Crippen molar-refractivity contribution in [1.82, 2.24) is 19.5 Å². The quantitative estimate of drug-likeness (QED) is 0.928. The number of anilines is 1. The number of aromatic nitrogens is 3. The molecule has 1 fully saturated rings. The van der Waals surface area contributed by atoms with Gasteiger partial charge in [-0.2, -0.15) is 4.98 Å². The summed E-state index contributed by atoms with van der Waals surface area (Å²) in [6, 6.07) is 4.43. The molecule has 20 heavy (non-hydrogen) atoms. The predicted molar refractivity (Wildman–Crippen MR) is 81.1 cm³/mol. The van der Waals surface area contributed by atoms with Gasteiger partial charge in [-0.3, -0.25) is 0 Å². The van der Waals surface area contributed by atoms with Crippen LogP contribution >= 0.6 is 0 Å². The number of piperidine rings is 1. The zero-order valence-electron chi connectivity index (χ0n) is 12.3. The maximum atomic E-state index is 4.51. The number of nitrogens with zero attached hydrogens (tertiary/aromatic N) is 4. The summed E-state index contributed by atoms with van der Waals surface area (Å²) in [7, 11) is 0. The molecule has 0 spiro atoms. The van der Waals surface area contributed by atoms with Crippen LogP contribution in [0.2, 0.25) is 0 Å². The van der Waals surface area contributed by atoms with Gasteiger partial charge in [0.25, 0.3) is 0 Å². The van der Waals surface area contributed by atoms with Gasteiger partial charge in [0.2, 0.25) is 5.95 Å². The minimum atomic E-state index is 0.367. The van der Waals surface area contributed by atoms with E-state index in [0.29, 0.717) is 6.04 Å². The Hall–Kier alpha value is -1.62. The summed E-state index contributed by atoms with van der Waals surface area (Å²) in [5, 5.41) is 7.90. The van der Waals surface area contributed by atoms with E-state index in [2.05, 4.69) is 40.2 Å². The monoisotopic (exact) mass is 273 g/mol. The molecule has 1 unspecified atom stereocenters. The third kappa shape index (κ3) is 3.10. The van der Waals surface area contributed by atoms with Crippen molar-refractivity contribution in [2.24, 2.45) is 0 Å². The molecule has 1 aliphatic heterocycles. The second-order valence-electron chi connectivity index (χ2n) is 5.85. The Balaban J connectivity index is 1.63. The third-order valence-electron chi connectivity index (χ3n) is 3.84. The molecule has 3 heterocycles. The molecule has 5 heteroatoms. The summed E-state index contributed by atoms with van der Waals surface area (Å²) in [6.45, 7) is 7.78. The maximum Gasteiger partial charge on any atom is 0.243 e. The Morgan fingerprint density at radius 1 is 1.25 bits per heavy atom. The average Bonchev–Trinajstić information content (AvgIpc) is 2.80. The van der Waals surface area contributed by atoms with Gasteiger partial charge in [0.1, 0.15) is 0 Å². The van der Waals surface area contributed by atoms with Crippen LogP contribution < -0.4 is 5.32 Å². The van der Waals surface area contributed by atoms with Crippen molar-refractivity contribution in [3.05, 3.63) is 23.9 Å². The second-order valence-corrected chi connectivity index (χ2v) is 5.85. The zero-order chi connectivity index (χ0) is 13.9. The number of pyridine rings is 1. The largest absolute Gasteiger partial charge is 0.349 e. The molecule has 1 saturated heterocycles. The van der Waals surface area contributed by atoms with Crippen LogP contribution in [0.25, 0.3) is 5.65 Å². The maximum absolute atomic E-state index is 4.51. The summed E-state index contributed by atoms with van der Waals surface area (Å²) >= 11 is 0. The van der Waals surface area contributed by atoms with E-state index in [0.717, 1.165) is 18.1 Å². The van der Waals surface area contributed by atoms with Crippen LogP contribution in [0.5, 0.6) is 0 Å². The Morgan fingerprint density at radius 3 is 2.85 bits per heavy atom. The van der Waals surface area contributed by atoms with Crippen molar-refractivity contribution in [1.29, 1.82) is 0 Å². The van der Waals surface area contributed by atoms with Crippen LogP contribution in [0.3, 0.4) is 0 Å². The fourth-order valence-corrected chi connectivity index (χ4v) is 2.84. The van der Waals surface area contributed by atoms with Crippen molar-refractivity contribution in [2.75, 3.05) is 25.0 Å². The SMILES string of the molecule is Cc1ccc2nc(NC(C)CN3CCCCC3)nn2c1. The number of hydrogen-bond donors (Lipinski definition) is 1. The second kappa shape index (κ2) is 5.79. The van der Waals surface area contributed by atoms with E-state index in [1.807, 2.05) is 16.8 Å². The fraction of sp³-hybridized carbons (Fsp3) is 0.600. The van der Waals surface area contributed by atoms with Gasteiger partial charge in [0, 0.05) is 18.8 Å². The lowest BCUT2D eigenvalue weighted by molar-refractivity contribution is 0.223. The van der Waals surface area contributed by atoms with E-state index < -0.39 is 0 Å². The van der Waals surface area contributed by atoms with Crippen molar-refractivity contribution in [3.63, 3.8) is 0 Å². The Morgan fingerprint density at radius 2 is 2.05 bits per heavy atom. The van der Waals surface area contributed by atoms with Crippen molar-refractivity contribution < 1.29 is 0 Å². The number of nitrogens with one attached hydrogen (secondary N) is 1. The van der Waals surface area contributed by atoms with E-state index in [1.165, 1.54) is 37.9 Å². The number of rotatable bonds is 4. The molecule has 0 radical (unpaired) electrons. The molecule has 3 rings (SSSR count). The van der Waals surface area contributed by atoms with Crippen LogP contribution in [0.1, 0.15) is 31.7 Å². The highest BCUT2D eigenvalue weighted by molar-refractivity contribution is 5.44. The molecule has 5 nitrogen and oxygen atoms in total. The number of aryl methyl sites for hydroxylation is 1. The fourth-order valence-electron chi connectivity index (χ4n) is 2.84. The minimum Gasteiger partial charge on any atom is -0.349 e. The Bertz CT molecular complexity index is 571. The summed E-state index contributed by atoms with van der Waals surface area (Å²) in [5.41, 5.74) is 2.08. The molecule has 0 aliphatic carbocycles. The molecule has 0 amide bonds. The van der Waals surface area contributed by atoms with Gasteiger partial charge in [-0.15, -0.1) is 5.10 Å². The summed E-state index contributed by atoms with van der Waals surface area (Å²) < 4.78 is 1.84. The molecule has 2 aromatic rings. The van der Waals surface area contributed by atoms with Gasteiger partial charge in [-0.1, -0.05) is 12.5 Å². The molecule has 0 saturated carbocycles. The van der Waals surface area contributed by atoms with E-state index in [4.69, 9.17) is 0 Å². The molecule has 0 aromatic carbocycles. The van der Waals surface area contributed by atoms with Gasteiger partial charge in [0.15, 0.2) is 5.65 Å². The highest BCUT2D eigenvalue weighted by atomic mass is 15.4. The number of likely N-dealkylation sites (tertiary alicyclic amines) is 1. The first kappa shape index (κ1) is 13.4. The van der Waals surface area contributed by atoms with Crippen molar-refractivity contribution >= 4 is 11.6 Å². The average molecular weight is 273 g/mol. The highest BCUT2D eigenvalue weighted by Crippen LogP contribution is 2.11. The molecule has 2 aromatic heterocycles. The van der Waals surface area contributed by atoms with E-state index in [-0.39, 0.29) is 0 Å². The van der Waals surface area contributed by atoms with Gasteiger partial charge in [-0.25, -0.2) is 4.52 Å². The van der Waals surface area contributed by atoms with Gasteiger partial charge >= 0.3 is 0 Å². The van der Waals surface area contributed by atoms with Gasteiger partial charge in [-0.05, 0) is 51.4 Å². The van der Waals surface area contributed by atoms with Gasteiger partial charge in [0.05, 0.1) is 0 Å². The lowest BCUT2D eigenvalue weighted by Gasteiger charge is -2.29.